The zero-order chi connectivity index (χ0) is 36.0. The van der Waals surface area contributed by atoms with E-state index in [1.54, 1.807) is 20.8 Å². The van der Waals surface area contributed by atoms with E-state index in [9.17, 15) is 39.6 Å². The minimum Gasteiger partial charge on any atom is -0.444 e. The molecular formula is C33H62N6O9. The molecule has 1 heterocycles. The molecule has 0 aromatic carbocycles. The molecule has 15 heteroatoms. The number of rotatable bonds is 12. The van der Waals surface area contributed by atoms with Crippen molar-refractivity contribution < 1.29 is 44.3 Å². The number of aliphatic hydroxyl groups excluding tert-OH is 4. The van der Waals surface area contributed by atoms with Gasteiger partial charge in [-0.1, -0.05) is 6.58 Å². The Kier molecular flexibility index (Phi) is 21.9. The normalized spacial score (nSPS) is 22.9. The number of ether oxygens (including phenoxy) is 1. The van der Waals surface area contributed by atoms with E-state index < -0.39 is 36.1 Å². The van der Waals surface area contributed by atoms with E-state index in [0.29, 0.717) is 97.2 Å². The van der Waals surface area contributed by atoms with E-state index in [-0.39, 0.29) is 43.8 Å². The second kappa shape index (κ2) is 24.3. The predicted octanol–water partition coefficient (Wildman–Crippen LogP) is -0.382. The van der Waals surface area contributed by atoms with E-state index in [1.807, 2.05) is 4.90 Å². The van der Waals surface area contributed by atoms with Crippen LogP contribution in [0.2, 0.25) is 0 Å². The molecule has 8 N–H and O–H groups in total. The van der Waals surface area contributed by atoms with Crippen molar-refractivity contribution in [1.29, 1.82) is 0 Å². The first kappa shape index (κ1) is 43.2. The first-order chi connectivity index (χ1) is 22.7. The maximum atomic E-state index is 12.7. The number of aliphatic hydroxyl groups is 4. The van der Waals surface area contributed by atoms with Crippen LogP contribution in [0, 0.1) is 0 Å². The summed E-state index contributed by atoms with van der Waals surface area (Å²) in [6.07, 6.45) is 0.783. The third-order valence-electron chi connectivity index (χ3n) is 7.79. The Morgan fingerprint density at radius 1 is 0.688 bits per heavy atom. The number of carbonyl (C=O) groups excluding carboxylic acids is 4. The quantitative estimate of drug-likeness (QED) is 0.0979. The van der Waals surface area contributed by atoms with Gasteiger partial charge < -0.3 is 51.3 Å². The molecule has 1 saturated heterocycles. The Hall–Kier alpha value is -2.82. The van der Waals surface area contributed by atoms with Gasteiger partial charge in [-0.05, 0) is 78.2 Å². The lowest BCUT2D eigenvalue weighted by Crippen LogP contribution is -2.42. The lowest BCUT2D eigenvalue weighted by Gasteiger charge is -2.29. The third kappa shape index (κ3) is 22.7. The molecule has 1 aliphatic rings. The van der Waals surface area contributed by atoms with E-state index in [2.05, 4.69) is 27.8 Å². The van der Waals surface area contributed by atoms with Gasteiger partial charge in [0.15, 0.2) is 0 Å². The molecule has 0 saturated carbocycles. The maximum absolute atomic E-state index is 12.7. The third-order valence-corrected chi connectivity index (χ3v) is 7.79. The van der Waals surface area contributed by atoms with Crippen molar-refractivity contribution in [2.45, 2.75) is 109 Å². The molecule has 1 aliphatic heterocycles. The zero-order valence-electron chi connectivity index (χ0n) is 29.3. The van der Waals surface area contributed by atoms with E-state index in [4.69, 9.17) is 4.74 Å². The van der Waals surface area contributed by atoms with Crippen molar-refractivity contribution in [3.8, 4) is 0 Å². The smallest absolute Gasteiger partial charge is 0.410 e. The van der Waals surface area contributed by atoms with Crippen molar-refractivity contribution in [3.63, 3.8) is 0 Å². The summed E-state index contributed by atoms with van der Waals surface area (Å²) in [5, 5.41) is 53.6. The van der Waals surface area contributed by atoms with Gasteiger partial charge in [-0.3, -0.25) is 19.3 Å². The highest BCUT2D eigenvalue weighted by molar-refractivity contribution is 5.86. The minimum atomic E-state index is -0.731. The van der Waals surface area contributed by atoms with Gasteiger partial charge >= 0.3 is 6.09 Å². The minimum absolute atomic E-state index is 0.0794. The van der Waals surface area contributed by atoms with Crippen LogP contribution in [0.4, 0.5) is 4.79 Å². The van der Waals surface area contributed by atoms with Gasteiger partial charge in [-0.15, -0.1) is 0 Å². The summed E-state index contributed by atoms with van der Waals surface area (Å²) in [6, 6.07) is 0. The van der Waals surface area contributed by atoms with E-state index >= 15 is 0 Å². The SMILES string of the molecule is C=CC(=O)NCCNC(=O)CCNCCNC(=O)CN1CCC(O)CCC(O)CCN(C(=O)OC(C)(C)C)CCC(O)CCC(O)CC1. The number of carbonyl (C=O) groups is 4. The van der Waals surface area contributed by atoms with Crippen LogP contribution in [-0.2, 0) is 19.1 Å². The highest BCUT2D eigenvalue weighted by Gasteiger charge is 2.24. The standard InChI is InChI=1S/C33H62N6O9/c1-5-29(44)35-18-19-36-30(45)10-15-34-16-17-37-31(46)24-38-20-11-25(40)6-8-27(42)13-22-39(32(47)48-33(2,3)4)23-14-28(43)9-7-26(41)12-21-38/h5,25-28,34,40-43H,1,6-24H2,2-4H3,(H,35,44)(H,36,45)(H,37,46). The van der Waals surface area contributed by atoms with Gasteiger partial charge in [-0.25, -0.2) is 4.79 Å². The Balaban J connectivity index is 2.55. The maximum Gasteiger partial charge on any atom is 0.410 e. The molecule has 1 rings (SSSR count). The van der Waals surface area contributed by atoms with Gasteiger partial charge in [0.2, 0.25) is 17.7 Å². The molecule has 15 nitrogen and oxygen atoms in total. The van der Waals surface area contributed by atoms with Crippen molar-refractivity contribution in [1.82, 2.24) is 31.1 Å². The molecule has 4 unspecified atom stereocenters. The van der Waals surface area contributed by atoms with Crippen LogP contribution in [0.25, 0.3) is 0 Å². The number of nitrogens with one attached hydrogen (secondary N) is 4. The Morgan fingerprint density at radius 2 is 1.15 bits per heavy atom. The fourth-order valence-electron chi connectivity index (χ4n) is 4.93. The zero-order valence-corrected chi connectivity index (χ0v) is 29.3. The van der Waals surface area contributed by atoms with E-state index in [1.165, 1.54) is 4.90 Å². The summed E-state index contributed by atoms with van der Waals surface area (Å²) >= 11 is 0. The monoisotopic (exact) mass is 686 g/mol. The molecule has 0 aromatic heterocycles. The molecule has 0 spiro atoms. The van der Waals surface area contributed by atoms with Gasteiger partial charge in [0.1, 0.15) is 5.60 Å². The fourth-order valence-corrected chi connectivity index (χ4v) is 4.93. The molecule has 278 valence electrons. The molecule has 0 aliphatic carbocycles. The van der Waals surface area contributed by atoms with Gasteiger partial charge in [0, 0.05) is 65.3 Å². The van der Waals surface area contributed by atoms with Crippen molar-refractivity contribution in [3.05, 3.63) is 12.7 Å². The van der Waals surface area contributed by atoms with Gasteiger partial charge in [0.05, 0.1) is 31.0 Å². The molecule has 0 radical (unpaired) electrons. The fraction of sp³-hybridized carbons (Fsp3) is 0.818. The van der Waals surface area contributed by atoms with Crippen molar-refractivity contribution in [2.24, 2.45) is 0 Å². The first-order valence-corrected chi connectivity index (χ1v) is 17.3. The average Bonchev–Trinajstić information content (AvgIpc) is 3.02. The van der Waals surface area contributed by atoms with Crippen LogP contribution >= 0.6 is 0 Å². The van der Waals surface area contributed by atoms with Crippen LogP contribution in [0.15, 0.2) is 12.7 Å². The highest BCUT2D eigenvalue weighted by Crippen LogP contribution is 2.16. The number of nitrogens with zero attached hydrogens (tertiary/aromatic N) is 2. The number of hydrogen-bond donors (Lipinski definition) is 8. The first-order valence-electron chi connectivity index (χ1n) is 17.3. The number of amides is 4. The molecule has 0 bridgehead atoms. The summed E-state index contributed by atoms with van der Waals surface area (Å²) in [5.41, 5.74) is -0.684. The molecule has 48 heavy (non-hydrogen) atoms. The lowest BCUT2D eigenvalue weighted by molar-refractivity contribution is -0.122. The Labute approximate surface area is 285 Å². The molecule has 0 aromatic rings. The van der Waals surface area contributed by atoms with E-state index in [0.717, 1.165) is 6.08 Å². The van der Waals surface area contributed by atoms with Crippen LogP contribution < -0.4 is 21.3 Å². The molecular weight excluding hydrogens is 624 g/mol. The number of hydrogen-bond acceptors (Lipinski definition) is 11. The Bertz CT molecular complexity index is 936. The molecule has 4 amide bonds. The molecule has 1 fully saturated rings. The van der Waals surface area contributed by atoms with Crippen LogP contribution in [0.3, 0.4) is 0 Å². The summed E-state index contributed by atoms with van der Waals surface area (Å²) in [5.74, 6) is -0.661. The van der Waals surface area contributed by atoms with Crippen LogP contribution in [0.1, 0.15) is 78.6 Å². The summed E-state index contributed by atoms with van der Waals surface area (Å²) in [6.45, 7) is 12.0. The topological polar surface area (TPSA) is 213 Å². The van der Waals surface area contributed by atoms with Crippen molar-refractivity contribution >= 4 is 23.8 Å². The highest BCUT2D eigenvalue weighted by atomic mass is 16.6. The summed E-state index contributed by atoms with van der Waals surface area (Å²) < 4.78 is 5.50. The van der Waals surface area contributed by atoms with Crippen LogP contribution in [0.5, 0.6) is 0 Å². The molecule has 4 atom stereocenters. The Morgan fingerprint density at radius 3 is 1.65 bits per heavy atom. The average molecular weight is 687 g/mol. The summed E-state index contributed by atoms with van der Waals surface area (Å²) in [4.78, 5) is 51.8. The van der Waals surface area contributed by atoms with Crippen LogP contribution in [-0.4, -0.2) is 150 Å². The van der Waals surface area contributed by atoms with Gasteiger partial charge in [0.25, 0.3) is 0 Å². The largest absolute Gasteiger partial charge is 0.444 e. The lowest BCUT2D eigenvalue weighted by atomic mass is 10.0. The predicted molar refractivity (Wildman–Crippen MR) is 182 cm³/mol. The second-order valence-corrected chi connectivity index (χ2v) is 13.4. The second-order valence-electron chi connectivity index (χ2n) is 13.4. The van der Waals surface area contributed by atoms with Crippen molar-refractivity contribution in [2.75, 3.05) is 65.4 Å². The van der Waals surface area contributed by atoms with Gasteiger partial charge in [-0.2, -0.15) is 0 Å². The summed E-state index contributed by atoms with van der Waals surface area (Å²) in [7, 11) is 0.